The van der Waals surface area contributed by atoms with Crippen LogP contribution in [0.4, 0.5) is 11.4 Å². The lowest BCUT2D eigenvalue weighted by molar-refractivity contribution is -0.125. The molecule has 1 N–H and O–H groups in total. The first-order valence-corrected chi connectivity index (χ1v) is 10.6. The molecule has 2 heterocycles. The van der Waals surface area contributed by atoms with Crippen LogP contribution >= 0.6 is 0 Å². The van der Waals surface area contributed by atoms with E-state index >= 15 is 0 Å². The molecule has 1 aromatic carbocycles. The summed E-state index contributed by atoms with van der Waals surface area (Å²) in [6.07, 6.45) is 8.16. The molecule has 0 bridgehead atoms. The van der Waals surface area contributed by atoms with Crippen LogP contribution in [0, 0.1) is 17.2 Å². The van der Waals surface area contributed by atoms with Gasteiger partial charge in [-0.15, -0.1) is 0 Å². The van der Waals surface area contributed by atoms with E-state index in [9.17, 15) is 10.1 Å². The number of rotatable bonds is 7. The zero-order valence-electron chi connectivity index (χ0n) is 17.4. The Morgan fingerprint density at radius 3 is 2.66 bits per heavy atom. The topological polar surface area (TPSA) is 71.7 Å². The molecular weight excluding hydrogens is 362 g/mol. The number of carbonyl (C=O) groups excluding carboxylic acids is 1. The van der Waals surface area contributed by atoms with Gasteiger partial charge in [-0.1, -0.05) is 12.2 Å². The van der Waals surface area contributed by atoms with Crippen LogP contribution in [0.3, 0.4) is 0 Å². The first kappa shape index (κ1) is 21.1. The Balaban J connectivity index is 1.59. The first-order chi connectivity index (χ1) is 14.2. The summed E-state index contributed by atoms with van der Waals surface area (Å²) in [7, 11) is 0. The molecule has 29 heavy (non-hydrogen) atoms. The molecule has 1 amide bonds. The molecule has 0 aliphatic carbocycles. The number of amides is 1. The minimum absolute atomic E-state index is 0.0744. The fraction of sp³-hybridized carbons (Fsp3) is 0.522. The Morgan fingerprint density at radius 1 is 1.31 bits per heavy atom. The van der Waals surface area contributed by atoms with E-state index in [1.165, 1.54) is 12.8 Å². The van der Waals surface area contributed by atoms with Crippen molar-refractivity contribution in [1.82, 2.24) is 10.2 Å². The van der Waals surface area contributed by atoms with Gasteiger partial charge in [0.15, 0.2) is 0 Å². The summed E-state index contributed by atoms with van der Waals surface area (Å²) in [6, 6.07) is 5.99. The summed E-state index contributed by atoms with van der Waals surface area (Å²) < 4.78 is 0. The van der Waals surface area contributed by atoms with Crippen molar-refractivity contribution in [1.29, 1.82) is 5.26 Å². The number of likely N-dealkylation sites (tertiary alicyclic amines) is 1. The molecule has 2 aliphatic rings. The number of anilines is 1. The number of allylic oxidation sites excluding steroid dienone is 1. The third-order valence-electron chi connectivity index (χ3n) is 5.94. The fourth-order valence-corrected chi connectivity index (χ4v) is 4.34. The number of nitrogens with one attached hydrogen (secondary N) is 1. The summed E-state index contributed by atoms with van der Waals surface area (Å²) >= 11 is 0. The van der Waals surface area contributed by atoms with E-state index in [0.717, 1.165) is 63.4 Å². The van der Waals surface area contributed by atoms with Gasteiger partial charge in [0.25, 0.3) is 0 Å². The number of hydrogen-bond acceptors (Lipinski definition) is 5. The van der Waals surface area contributed by atoms with Crippen molar-refractivity contribution in [3.63, 3.8) is 0 Å². The minimum Gasteiger partial charge on any atom is -0.371 e. The molecule has 1 aromatic rings. The summed E-state index contributed by atoms with van der Waals surface area (Å²) in [5.74, 6) is 0.260. The van der Waals surface area contributed by atoms with Gasteiger partial charge in [0, 0.05) is 43.3 Å². The summed E-state index contributed by atoms with van der Waals surface area (Å²) in [4.78, 5) is 21.4. The number of aliphatic imine (C=N–C) groups is 1. The highest BCUT2D eigenvalue weighted by Gasteiger charge is 2.26. The average molecular weight is 394 g/mol. The number of benzene rings is 1. The van der Waals surface area contributed by atoms with Gasteiger partial charge in [-0.2, -0.15) is 5.26 Å². The lowest BCUT2D eigenvalue weighted by Crippen LogP contribution is -2.42. The van der Waals surface area contributed by atoms with Crippen molar-refractivity contribution >= 4 is 30.1 Å². The van der Waals surface area contributed by atoms with Crippen LogP contribution in [0.5, 0.6) is 0 Å². The number of carbonyl (C=O) groups is 1. The molecule has 2 aliphatic heterocycles. The Morgan fingerprint density at radius 2 is 2.03 bits per heavy atom. The predicted octanol–water partition coefficient (Wildman–Crippen LogP) is 3.35. The maximum Gasteiger partial charge on any atom is 0.223 e. The molecule has 0 atom stereocenters. The number of piperidine rings is 1. The van der Waals surface area contributed by atoms with Crippen LogP contribution < -0.4 is 10.2 Å². The predicted molar refractivity (Wildman–Crippen MR) is 119 cm³/mol. The molecule has 0 aromatic heterocycles. The Labute approximate surface area is 173 Å². The second-order valence-corrected chi connectivity index (χ2v) is 7.77. The number of nitrogens with zero attached hydrogens (tertiary/aromatic N) is 4. The maximum absolute atomic E-state index is 12.5. The van der Waals surface area contributed by atoms with Crippen LogP contribution in [-0.4, -0.2) is 56.8 Å². The molecule has 0 radical (unpaired) electrons. The standard InChI is InChI=1S/C23H31N5O/c1-3-6-20-21(8-7-19(17-24)22(20)25-2)28-14-9-18(10-15-28)23(29)26-11-16-27-12-4-5-13-27/h3,6-8,18H,2,4-5,9-16H2,1H3,(H,26,29)/b6-3-. The molecular formula is C23H31N5O. The zero-order chi connectivity index (χ0) is 20.6. The smallest absolute Gasteiger partial charge is 0.223 e. The van der Waals surface area contributed by atoms with Crippen molar-refractivity contribution in [2.45, 2.75) is 32.6 Å². The van der Waals surface area contributed by atoms with Gasteiger partial charge in [-0.05, 0) is 64.5 Å². The monoisotopic (exact) mass is 393 g/mol. The van der Waals surface area contributed by atoms with Gasteiger partial charge in [0.2, 0.25) is 5.91 Å². The Hall–Kier alpha value is -2.65. The normalized spacial score (nSPS) is 18.1. The average Bonchev–Trinajstić information content (AvgIpc) is 3.27. The van der Waals surface area contributed by atoms with E-state index in [1.54, 1.807) is 0 Å². The minimum atomic E-state index is 0.0744. The summed E-state index contributed by atoms with van der Waals surface area (Å²) in [6.45, 7) is 11.3. The van der Waals surface area contributed by atoms with Crippen LogP contribution in [-0.2, 0) is 4.79 Å². The third-order valence-corrected chi connectivity index (χ3v) is 5.94. The number of nitriles is 1. The highest BCUT2D eigenvalue weighted by Crippen LogP contribution is 2.35. The van der Waals surface area contributed by atoms with Gasteiger partial charge < -0.3 is 15.1 Å². The summed E-state index contributed by atoms with van der Waals surface area (Å²) in [5.41, 5.74) is 3.14. The second kappa shape index (κ2) is 10.2. The third kappa shape index (κ3) is 5.04. The van der Waals surface area contributed by atoms with E-state index < -0.39 is 0 Å². The van der Waals surface area contributed by atoms with Crippen molar-refractivity contribution < 1.29 is 4.79 Å². The zero-order valence-corrected chi connectivity index (χ0v) is 17.4. The lowest BCUT2D eigenvalue weighted by atomic mass is 9.94. The van der Waals surface area contributed by atoms with E-state index in [1.807, 2.05) is 31.2 Å². The molecule has 0 spiro atoms. The van der Waals surface area contributed by atoms with E-state index in [-0.39, 0.29) is 11.8 Å². The Kier molecular flexibility index (Phi) is 7.42. The molecule has 154 valence electrons. The van der Waals surface area contributed by atoms with Crippen LogP contribution in [0.15, 0.2) is 23.2 Å². The molecule has 0 unspecified atom stereocenters. The van der Waals surface area contributed by atoms with Crippen molar-refractivity contribution in [2.75, 3.05) is 44.2 Å². The lowest BCUT2D eigenvalue weighted by Gasteiger charge is -2.34. The van der Waals surface area contributed by atoms with Crippen LogP contribution in [0.2, 0.25) is 0 Å². The Bertz CT molecular complexity index is 796. The molecule has 2 saturated heterocycles. The van der Waals surface area contributed by atoms with Gasteiger partial charge >= 0.3 is 0 Å². The molecule has 3 rings (SSSR count). The van der Waals surface area contributed by atoms with E-state index in [4.69, 9.17) is 0 Å². The number of hydrogen-bond donors (Lipinski definition) is 1. The fourth-order valence-electron chi connectivity index (χ4n) is 4.34. The second-order valence-electron chi connectivity index (χ2n) is 7.77. The van der Waals surface area contributed by atoms with Crippen LogP contribution in [0.1, 0.15) is 43.7 Å². The van der Waals surface area contributed by atoms with Gasteiger partial charge in [-0.3, -0.25) is 9.79 Å². The van der Waals surface area contributed by atoms with Crippen molar-refractivity contribution in [3.8, 4) is 6.07 Å². The highest BCUT2D eigenvalue weighted by molar-refractivity contribution is 5.82. The van der Waals surface area contributed by atoms with Gasteiger partial charge in [0.1, 0.15) is 6.07 Å². The summed E-state index contributed by atoms with van der Waals surface area (Å²) in [5, 5.41) is 12.5. The molecule has 0 saturated carbocycles. The SMILES string of the molecule is C=Nc1c(C#N)ccc(N2CCC(C(=O)NCCN3CCCC3)CC2)c1/C=C\C. The quantitative estimate of drug-likeness (QED) is 0.721. The van der Waals surface area contributed by atoms with E-state index in [2.05, 4.69) is 32.9 Å². The van der Waals surface area contributed by atoms with Crippen molar-refractivity contribution in [3.05, 3.63) is 29.3 Å². The molecule has 6 heteroatoms. The molecule has 6 nitrogen and oxygen atoms in total. The van der Waals surface area contributed by atoms with Crippen molar-refractivity contribution in [2.24, 2.45) is 10.9 Å². The maximum atomic E-state index is 12.5. The highest BCUT2D eigenvalue weighted by atomic mass is 16.1. The van der Waals surface area contributed by atoms with Crippen LogP contribution in [0.25, 0.3) is 6.08 Å². The van der Waals surface area contributed by atoms with Gasteiger partial charge in [0.05, 0.1) is 11.3 Å². The largest absolute Gasteiger partial charge is 0.371 e. The molecule has 2 fully saturated rings. The van der Waals surface area contributed by atoms with Gasteiger partial charge in [-0.25, -0.2) is 0 Å². The first-order valence-electron chi connectivity index (χ1n) is 10.6. The van der Waals surface area contributed by atoms with E-state index in [0.29, 0.717) is 11.3 Å².